The number of benzene rings is 1. The number of carboxylic acid groups (broad SMARTS) is 1. The van der Waals surface area contributed by atoms with E-state index in [0.29, 0.717) is 30.8 Å². The lowest BCUT2D eigenvalue weighted by molar-refractivity contribution is -0.158. The molecule has 1 aromatic carbocycles. The van der Waals surface area contributed by atoms with Gasteiger partial charge in [-0.25, -0.2) is 0 Å². The van der Waals surface area contributed by atoms with Crippen molar-refractivity contribution in [1.29, 1.82) is 0 Å². The minimum atomic E-state index is -0.840. The molecule has 1 aliphatic carbocycles. The van der Waals surface area contributed by atoms with Gasteiger partial charge in [0.2, 0.25) is 12.3 Å². The molecule has 0 unspecified atom stereocenters. The van der Waals surface area contributed by atoms with Gasteiger partial charge in [-0.1, -0.05) is 23.7 Å². The summed E-state index contributed by atoms with van der Waals surface area (Å²) in [5.74, 6) is -1.51. The van der Waals surface area contributed by atoms with Crippen molar-refractivity contribution in [2.24, 2.45) is 5.92 Å². The maximum Gasteiger partial charge on any atom is 0.306 e. The van der Waals surface area contributed by atoms with E-state index in [2.05, 4.69) is 5.32 Å². The lowest BCUT2D eigenvalue weighted by atomic mass is 9.68. The zero-order valence-electron chi connectivity index (χ0n) is 12.8. The molecular weight excluding hydrogens is 320 g/mol. The number of nitrogens with zero attached hydrogens (tertiary/aromatic N) is 1. The maximum absolute atomic E-state index is 12.4. The number of halogens is 1. The van der Waals surface area contributed by atoms with E-state index < -0.39 is 17.4 Å². The summed E-state index contributed by atoms with van der Waals surface area (Å²) < 4.78 is 0. The van der Waals surface area contributed by atoms with Crippen LogP contribution in [0, 0.1) is 5.92 Å². The molecule has 0 saturated heterocycles. The van der Waals surface area contributed by atoms with Crippen molar-refractivity contribution >= 4 is 29.9 Å². The van der Waals surface area contributed by atoms with Crippen LogP contribution in [0.25, 0.3) is 0 Å². The Morgan fingerprint density at radius 3 is 2.52 bits per heavy atom. The second kappa shape index (κ2) is 7.00. The van der Waals surface area contributed by atoms with E-state index >= 15 is 0 Å². The predicted octanol–water partition coefficient (Wildman–Crippen LogP) is 1.67. The third kappa shape index (κ3) is 4.01. The Morgan fingerprint density at radius 2 is 2.00 bits per heavy atom. The second-order valence-electron chi connectivity index (χ2n) is 6.05. The van der Waals surface area contributed by atoms with E-state index in [9.17, 15) is 14.4 Å². The van der Waals surface area contributed by atoms with Crippen LogP contribution < -0.4 is 5.32 Å². The van der Waals surface area contributed by atoms with Crippen molar-refractivity contribution in [3.8, 4) is 0 Å². The fourth-order valence-corrected chi connectivity index (χ4v) is 3.10. The normalized spacial score (nSPS) is 22.8. The van der Waals surface area contributed by atoms with Crippen LogP contribution in [0.5, 0.6) is 0 Å². The first-order chi connectivity index (χ1) is 10.9. The van der Waals surface area contributed by atoms with E-state index in [4.69, 9.17) is 16.7 Å². The molecule has 23 heavy (non-hydrogen) atoms. The van der Waals surface area contributed by atoms with Crippen LogP contribution >= 0.6 is 11.6 Å². The van der Waals surface area contributed by atoms with Crippen LogP contribution in [0.4, 0.5) is 0 Å². The van der Waals surface area contributed by atoms with E-state index in [0.717, 1.165) is 5.56 Å². The van der Waals surface area contributed by atoms with Gasteiger partial charge in [0.25, 0.3) is 0 Å². The lowest BCUT2D eigenvalue weighted by Crippen LogP contribution is -2.59. The van der Waals surface area contributed by atoms with Crippen LogP contribution in [0.1, 0.15) is 25.3 Å². The molecule has 2 N–H and O–H groups in total. The van der Waals surface area contributed by atoms with Gasteiger partial charge in [0.15, 0.2) is 0 Å². The zero-order chi connectivity index (χ0) is 17.0. The van der Waals surface area contributed by atoms with Gasteiger partial charge in [0, 0.05) is 17.1 Å². The summed E-state index contributed by atoms with van der Waals surface area (Å²) in [4.78, 5) is 35.5. The molecule has 7 heteroatoms. The fourth-order valence-electron chi connectivity index (χ4n) is 2.97. The molecule has 0 bridgehead atoms. The van der Waals surface area contributed by atoms with Gasteiger partial charge < -0.3 is 15.3 Å². The molecular formula is C16H19ClN2O4. The number of hydrogen-bond acceptors (Lipinski definition) is 3. The Morgan fingerprint density at radius 1 is 1.39 bits per heavy atom. The number of amides is 2. The number of rotatable bonds is 7. The van der Waals surface area contributed by atoms with Gasteiger partial charge in [0.1, 0.15) is 0 Å². The van der Waals surface area contributed by atoms with Gasteiger partial charge >= 0.3 is 5.97 Å². The molecule has 1 saturated carbocycles. The third-order valence-corrected chi connectivity index (χ3v) is 4.52. The molecule has 0 heterocycles. The van der Waals surface area contributed by atoms with Crippen molar-refractivity contribution < 1.29 is 19.5 Å². The van der Waals surface area contributed by atoms with Crippen molar-refractivity contribution in [3.05, 3.63) is 34.9 Å². The highest BCUT2D eigenvalue weighted by Crippen LogP contribution is 2.43. The molecule has 0 atom stereocenters. The number of carboxylic acids is 1. The minimum absolute atomic E-state index is 0.107. The summed E-state index contributed by atoms with van der Waals surface area (Å²) in [6, 6.07) is 7.14. The summed E-state index contributed by atoms with van der Waals surface area (Å²) in [5, 5.41) is 12.0. The van der Waals surface area contributed by atoms with Crippen molar-refractivity contribution in [2.75, 3.05) is 6.54 Å². The Kier molecular flexibility index (Phi) is 5.26. The second-order valence-corrected chi connectivity index (χ2v) is 6.48. The van der Waals surface area contributed by atoms with E-state index in [1.165, 1.54) is 0 Å². The van der Waals surface area contributed by atoms with Crippen molar-refractivity contribution in [3.63, 3.8) is 0 Å². The maximum atomic E-state index is 12.4. The first-order valence-electron chi connectivity index (χ1n) is 7.30. The van der Waals surface area contributed by atoms with Crippen molar-refractivity contribution in [2.45, 2.75) is 31.8 Å². The molecule has 6 nitrogen and oxygen atoms in total. The van der Waals surface area contributed by atoms with E-state index in [1.54, 1.807) is 17.0 Å². The first kappa shape index (κ1) is 17.3. The van der Waals surface area contributed by atoms with Gasteiger partial charge in [-0.3, -0.25) is 14.4 Å². The number of nitrogens with one attached hydrogen (secondary N) is 1. The number of carbonyl (C=O) groups excluding carboxylic acids is 2. The number of carbonyl (C=O) groups is 3. The Labute approximate surface area is 139 Å². The van der Waals surface area contributed by atoms with Gasteiger partial charge in [-0.2, -0.15) is 0 Å². The van der Waals surface area contributed by atoms with Gasteiger partial charge in [-0.15, -0.1) is 0 Å². The van der Waals surface area contributed by atoms with Crippen LogP contribution in [-0.2, 0) is 20.9 Å². The zero-order valence-corrected chi connectivity index (χ0v) is 13.5. The molecule has 1 aromatic rings. The smallest absolute Gasteiger partial charge is 0.306 e. The molecule has 124 valence electrons. The molecule has 2 amide bonds. The largest absolute Gasteiger partial charge is 0.481 e. The average molecular weight is 339 g/mol. The monoisotopic (exact) mass is 338 g/mol. The molecule has 0 aliphatic heterocycles. The Balaban J connectivity index is 2.15. The van der Waals surface area contributed by atoms with E-state index in [1.807, 2.05) is 19.1 Å². The van der Waals surface area contributed by atoms with Crippen LogP contribution in [-0.4, -0.2) is 40.4 Å². The lowest BCUT2D eigenvalue weighted by Gasteiger charge is -2.51. The fraction of sp³-hybridized carbons (Fsp3) is 0.438. The molecule has 1 aliphatic rings. The first-order valence-corrected chi connectivity index (χ1v) is 7.68. The third-order valence-electron chi connectivity index (χ3n) is 4.26. The molecule has 0 radical (unpaired) electrons. The topological polar surface area (TPSA) is 86.7 Å². The average Bonchev–Trinajstić information content (AvgIpc) is 2.48. The molecule has 0 aromatic heterocycles. The predicted molar refractivity (Wildman–Crippen MR) is 84.8 cm³/mol. The summed E-state index contributed by atoms with van der Waals surface area (Å²) in [6.07, 6.45) is 1.28. The number of aliphatic carboxylic acids is 1. The SMILES string of the molecule is CC1(N(Cc2ccc(Cl)cc2)C(=O)CNC=O)CC(C(=O)O)C1. The minimum Gasteiger partial charge on any atom is -0.481 e. The summed E-state index contributed by atoms with van der Waals surface area (Å²) in [7, 11) is 0. The van der Waals surface area contributed by atoms with Gasteiger partial charge in [0.05, 0.1) is 12.5 Å². The van der Waals surface area contributed by atoms with Crippen LogP contribution in [0.2, 0.25) is 5.02 Å². The van der Waals surface area contributed by atoms with Crippen LogP contribution in [0.15, 0.2) is 24.3 Å². The molecule has 0 spiro atoms. The highest BCUT2D eigenvalue weighted by atomic mass is 35.5. The molecule has 1 fully saturated rings. The quantitative estimate of drug-likeness (QED) is 0.740. The summed E-state index contributed by atoms with van der Waals surface area (Å²) in [6.45, 7) is 2.12. The van der Waals surface area contributed by atoms with Gasteiger partial charge in [-0.05, 0) is 37.5 Å². The van der Waals surface area contributed by atoms with E-state index in [-0.39, 0.29) is 12.5 Å². The standard InChI is InChI=1S/C16H19ClN2O4/c1-16(6-12(7-16)15(22)23)19(14(21)8-18-10-20)9-11-2-4-13(17)5-3-11/h2-5,10,12H,6-9H2,1H3,(H,18,20)(H,22,23). The van der Waals surface area contributed by atoms with Crippen molar-refractivity contribution in [1.82, 2.24) is 10.2 Å². The molecule has 2 rings (SSSR count). The summed E-state index contributed by atoms with van der Waals surface area (Å²) >= 11 is 5.87. The highest BCUT2D eigenvalue weighted by molar-refractivity contribution is 6.30. The summed E-state index contributed by atoms with van der Waals surface area (Å²) in [5.41, 5.74) is 0.374. The number of hydrogen-bond donors (Lipinski definition) is 2. The Bertz CT molecular complexity index is 597. The Hall–Kier alpha value is -2.08. The van der Waals surface area contributed by atoms with Crippen LogP contribution in [0.3, 0.4) is 0 Å². The highest BCUT2D eigenvalue weighted by Gasteiger charge is 2.49.